The number of aromatic nitrogens is 3. The molecule has 0 bridgehead atoms. The first-order valence-corrected chi connectivity index (χ1v) is 12.0. The average Bonchev–Trinajstić information content (AvgIpc) is 3.23. The van der Waals surface area contributed by atoms with Crippen LogP contribution in [0, 0.1) is 25.6 Å². The van der Waals surface area contributed by atoms with E-state index in [-0.39, 0.29) is 5.82 Å². The number of thiazole rings is 1. The van der Waals surface area contributed by atoms with E-state index < -0.39 is 0 Å². The summed E-state index contributed by atoms with van der Waals surface area (Å²) in [4.78, 5) is 22.9. The fourth-order valence-electron chi connectivity index (χ4n) is 3.09. The molecule has 0 unspecified atom stereocenters. The van der Waals surface area contributed by atoms with Gasteiger partial charge >= 0.3 is 0 Å². The molecule has 1 fully saturated rings. The molecule has 7 nitrogen and oxygen atoms in total. The number of halogens is 1. The number of anilines is 2. The fraction of sp³-hybridized carbons (Fsp3) is 0.364. The van der Waals surface area contributed by atoms with Gasteiger partial charge < -0.3 is 16.0 Å². The van der Waals surface area contributed by atoms with Crippen LogP contribution in [-0.4, -0.2) is 41.0 Å². The average molecular weight is 475 g/mol. The van der Waals surface area contributed by atoms with Crippen molar-refractivity contribution in [3.8, 4) is 0 Å². The second-order valence-electron chi connectivity index (χ2n) is 7.36. The molecule has 0 aliphatic carbocycles. The lowest BCUT2D eigenvalue weighted by Gasteiger charge is -2.21. The molecule has 3 aromatic heterocycles. The smallest absolute Gasteiger partial charge is 0.207 e. The number of piperidine rings is 1. The van der Waals surface area contributed by atoms with Crippen LogP contribution in [0.25, 0.3) is 0 Å². The largest absolute Gasteiger partial charge is 0.358 e. The number of amides is 1. The van der Waals surface area contributed by atoms with Crippen molar-refractivity contribution in [2.45, 2.75) is 35.8 Å². The van der Waals surface area contributed by atoms with Gasteiger partial charge in [-0.05, 0) is 69.5 Å². The molecule has 1 amide bonds. The molecule has 4 heterocycles. The van der Waals surface area contributed by atoms with Crippen LogP contribution in [0.5, 0.6) is 0 Å². The zero-order chi connectivity index (χ0) is 22.8. The Labute approximate surface area is 195 Å². The summed E-state index contributed by atoms with van der Waals surface area (Å²) in [6.45, 7) is 6.72. The summed E-state index contributed by atoms with van der Waals surface area (Å²) in [5.41, 5.74) is 1.52. The third-order valence-electron chi connectivity index (χ3n) is 4.82. The van der Waals surface area contributed by atoms with Gasteiger partial charge in [0.15, 0.2) is 10.9 Å². The molecule has 0 aromatic carbocycles. The van der Waals surface area contributed by atoms with E-state index in [1.54, 1.807) is 31.6 Å². The number of aryl methyl sites for hydroxylation is 2. The first kappa shape index (κ1) is 24.1. The fourth-order valence-corrected chi connectivity index (χ4v) is 5.01. The Balaban J connectivity index is 0.000000243. The second kappa shape index (κ2) is 12.5. The van der Waals surface area contributed by atoms with Crippen LogP contribution >= 0.6 is 23.1 Å². The number of carbonyl (C=O) groups excluding carboxylic acids is 1. The van der Waals surface area contributed by atoms with Crippen molar-refractivity contribution in [3.05, 3.63) is 53.9 Å². The molecule has 0 atom stereocenters. The van der Waals surface area contributed by atoms with Gasteiger partial charge in [-0.15, -0.1) is 0 Å². The lowest BCUT2D eigenvalue weighted by Crippen LogP contribution is -2.33. The molecule has 3 aromatic rings. The maximum Gasteiger partial charge on any atom is 0.207 e. The number of nitrogens with zero attached hydrogens (tertiary/aromatic N) is 3. The monoisotopic (exact) mass is 474 g/mol. The minimum Gasteiger partial charge on any atom is -0.358 e. The van der Waals surface area contributed by atoms with E-state index in [0.29, 0.717) is 16.5 Å². The highest BCUT2D eigenvalue weighted by Gasteiger charge is 2.12. The van der Waals surface area contributed by atoms with Crippen LogP contribution in [-0.2, 0) is 4.79 Å². The van der Waals surface area contributed by atoms with Gasteiger partial charge in [-0.1, -0.05) is 23.1 Å². The summed E-state index contributed by atoms with van der Waals surface area (Å²) in [6, 6.07) is 5.55. The SMILES string of the molecule is Cc1ccnc(Nc2ncc(Sc3ccnc(C)c3F)s2)c1.O=CNCC1CCNCC1. The quantitative estimate of drug-likeness (QED) is 0.439. The molecule has 0 spiro atoms. The zero-order valence-electron chi connectivity index (χ0n) is 18.1. The lowest BCUT2D eigenvalue weighted by molar-refractivity contribution is -0.109. The molecule has 4 rings (SSSR count). The minimum atomic E-state index is -0.282. The molecule has 10 heteroatoms. The Kier molecular flexibility index (Phi) is 9.39. The van der Waals surface area contributed by atoms with Crippen LogP contribution in [0.3, 0.4) is 0 Å². The van der Waals surface area contributed by atoms with Crippen LogP contribution in [0.4, 0.5) is 15.3 Å². The Hall–Kier alpha value is -2.56. The molecule has 0 saturated carbocycles. The maximum atomic E-state index is 14.0. The predicted octanol–water partition coefficient (Wildman–Crippen LogP) is 4.32. The Morgan fingerprint density at radius 2 is 2.00 bits per heavy atom. The molecule has 1 aliphatic heterocycles. The van der Waals surface area contributed by atoms with Gasteiger partial charge in [0.2, 0.25) is 6.41 Å². The van der Waals surface area contributed by atoms with E-state index in [1.165, 1.54) is 35.9 Å². The first-order chi connectivity index (χ1) is 15.5. The molecule has 1 saturated heterocycles. The van der Waals surface area contributed by atoms with Gasteiger partial charge in [-0.3, -0.25) is 9.78 Å². The van der Waals surface area contributed by atoms with E-state index in [9.17, 15) is 9.18 Å². The topological polar surface area (TPSA) is 91.8 Å². The van der Waals surface area contributed by atoms with Crippen molar-refractivity contribution in [1.29, 1.82) is 0 Å². The van der Waals surface area contributed by atoms with Crippen molar-refractivity contribution in [1.82, 2.24) is 25.6 Å². The highest BCUT2D eigenvalue weighted by atomic mass is 32.2. The zero-order valence-corrected chi connectivity index (χ0v) is 19.7. The summed E-state index contributed by atoms with van der Waals surface area (Å²) in [6.07, 6.45) is 8.25. The Morgan fingerprint density at radius 1 is 1.22 bits per heavy atom. The Morgan fingerprint density at radius 3 is 2.75 bits per heavy atom. The van der Waals surface area contributed by atoms with Crippen LogP contribution in [0.2, 0.25) is 0 Å². The number of hydrogen-bond acceptors (Lipinski definition) is 8. The van der Waals surface area contributed by atoms with Crippen molar-refractivity contribution in [2.24, 2.45) is 5.92 Å². The predicted molar refractivity (Wildman–Crippen MR) is 127 cm³/mol. The minimum absolute atomic E-state index is 0.282. The first-order valence-electron chi connectivity index (χ1n) is 10.4. The van der Waals surface area contributed by atoms with Crippen molar-refractivity contribution < 1.29 is 9.18 Å². The second-order valence-corrected chi connectivity index (χ2v) is 9.73. The number of hydrogen-bond donors (Lipinski definition) is 3. The van der Waals surface area contributed by atoms with Crippen molar-refractivity contribution in [2.75, 3.05) is 25.0 Å². The van der Waals surface area contributed by atoms with Gasteiger partial charge in [-0.25, -0.2) is 14.4 Å². The van der Waals surface area contributed by atoms with Crippen molar-refractivity contribution >= 4 is 40.5 Å². The van der Waals surface area contributed by atoms with Gasteiger partial charge in [0.05, 0.1) is 21.0 Å². The third-order valence-corrected chi connectivity index (χ3v) is 6.87. The highest BCUT2D eigenvalue weighted by molar-refractivity contribution is 8.01. The summed E-state index contributed by atoms with van der Waals surface area (Å²) in [5, 5.41) is 9.87. The summed E-state index contributed by atoms with van der Waals surface area (Å²) in [7, 11) is 0. The molecule has 3 N–H and O–H groups in total. The summed E-state index contributed by atoms with van der Waals surface area (Å²) in [5.74, 6) is 1.17. The molecule has 0 radical (unpaired) electrons. The van der Waals surface area contributed by atoms with Crippen LogP contribution in [0.1, 0.15) is 24.1 Å². The molecule has 32 heavy (non-hydrogen) atoms. The number of pyridine rings is 2. The van der Waals surface area contributed by atoms with Gasteiger partial charge in [0.1, 0.15) is 5.82 Å². The van der Waals surface area contributed by atoms with Crippen LogP contribution < -0.4 is 16.0 Å². The maximum absolute atomic E-state index is 14.0. The van der Waals surface area contributed by atoms with Gasteiger partial charge in [-0.2, -0.15) is 0 Å². The Bertz CT molecular complexity index is 1010. The molecular formula is C22H27FN6OS2. The molecule has 1 aliphatic rings. The standard InChI is InChI=1S/C15H13FN4S2.C7H14N2O/c1-9-3-5-18-12(7-9)20-15-19-8-13(22-15)21-11-4-6-17-10(2)14(11)16;10-6-9-5-7-1-3-8-4-2-7/h3-8H,1-2H3,(H,18,19,20);6-8H,1-5H2,(H,9,10). The third kappa shape index (κ3) is 7.54. The van der Waals surface area contributed by atoms with Gasteiger partial charge in [0, 0.05) is 18.9 Å². The number of rotatable bonds is 7. The van der Waals surface area contributed by atoms with Crippen LogP contribution in [0.15, 0.2) is 45.9 Å². The van der Waals surface area contributed by atoms with Crippen molar-refractivity contribution in [3.63, 3.8) is 0 Å². The van der Waals surface area contributed by atoms with E-state index >= 15 is 0 Å². The highest BCUT2D eigenvalue weighted by Crippen LogP contribution is 2.36. The number of nitrogens with one attached hydrogen (secondary N) is 3. The van der Waals surface area contributed by atoms with E-state index in [4.69, 9.17) is 0 Å². The van der Waals surface area contributed by atoms with Gasteiger partial charge in [0.25, 0.3) is 0 Å². The summed E-state index contributed by atoms with van der Waals surface area (Å²) >= 11 is 2.80. The van der Waals surface area contributed by atoms with E-state index in [0.717, 1.165) is 46.8 Å². The lowest BCUT2D eigenvalue weighted by atomic mass is 9.98. The number of carbonyl (C=O) groups is 1. The normalized spacial score (nSPS) is 13.7. The summed E-state index contributed by atoms with van der Waals surface area (Å²) < 4.78 is 14.9. The van der Waals surface area contributed by atoms with E-state index in [1.807, 2.05) is 19.1 Å². The molecule has 170 valence electrons. The molecular weight excluding hydrogens is 447 g/mol. The van der Waals surface area contributed by atoms with E-state index in [2.05, 4.69) is 30.9 Å².